The lowest BCUT2D eigenvalue weighted by Crippen LogP contribution is -2.27. The lowest BCUT2D eigenvalue weighted by atomic mass is 9.90. The van der Waals surface area contributed by atoms with Gasteiger partial charge in [0.15, 0.2) is 0 Å². The van der Waals surface area contributed by atoms with E-state index in [1.807, 2.05) is 0 Å². The molecule has 2 aliphatic carbocycles. The van der Waals surface area contributed by atoms with E-state index in [2.05, 4.69) is 24.3 Å². The van der Waals surface area contributed by atoms with E-state index in [4.69, 9.17) is 5.73 Å². The summed E-state index contributed by atoms with van der Waals surface area (Å²) in [7, 11) is 0. The second-order valence-electron chi connectivity index (χ2n) is 5.22. The summed E-state index contributed by atoms with van der Waals surface area (Å²) in [6.45, 7) is 0.870. The van der Waals surface area contributed by atoms with E-state index in [0.29, 0.717) is 12.0 Å². The average molecular weight is 203 g/mol. The van der Waals surface area contributed by atoms with Crippen molar-refractivity contribution in [2.24, 2.45) is 16.6 Å². The zero-order valence-electron chi connectivity index (χ0n) is 8.87. The van der Waals surface area contributed by atoms with Crippen LogP contribution in [0.15, 0.2) is 24.3 Å². The lowest BCUT2D eigenvalue weighted by Gasteiger charge is -2.17. The molecule has 3 rings (SSSR count). The number of benzene rings is 1. The molecule has 0 aliphatic heterocycles. The van der Waals surface area contributed by atoms with Crippen LogP contribution in [0.1, 0.15) is 17.5 Å². The number of rotatable bonds is 2. The zero-order chi connectivity index (χ0) is 10.5. The van der Waals surface area contributed by atoms with Crippen molar-refractivity contribution in [1.82, 2.24) is 0 Å². The summed E-state index contributed by atoms with van der Waals surface area (Å²) in [6.07, 6.45) is 3.32. The summed E-state index contributed by atoms with van der Waals surface area (Å²) >= 11 is 0. The first-order chi connectivity index (χ1) is 7.25. The average Bonchev–Trinajstić information content (AvgIpc) is 2.71. The molecule has 1 aromatic carbocycles. The molecule has 2 heteroatoms. The molecule has 0 amide bonds. The van der Waals surface area contributed by atoms with Crippen LogP contribution >= 0.6 is 0 Å². The number of nitrogens with two attached hydrogens (primary N) is 1. The molecule has 15 heavy (non-hydrogen) atoms. The number of aliphatic hydroxyl groups is 1. The van der Waals surface area contributed by atoms with E-state index in [9.17, 15) is 5.11 Å². The largest absolute Gasteiger partial charge is 0.396 e. The van der Waals surface area contributed by atoms with Crippen molar-refractivity contribution in [3.63, 3.8) is 0 Å². The minimum atomic E-state index is 0.0199. The second kappa shape index (κ2) is 2.83. The van der Waals surface area contributed by atoms with Crippen LogP contribution in [-0.2, 0) is 12.8 Å². The monoisotopic (exact) mass is 203 g/mol. The van der Waals surface area contributed by atoms with Gasteiger partial charge in [0, 0.05) is 12.0 Å². The van der Waals surface area contributed by atoms with Crippen molar-refractivity contribution in [2.75, 3.05) is 13.2 Å². The van der Waals surface area contributed by atoms with Crippen LogP contribution < -0.4 is 5.73 Å². The van der Waals surface area contributed by atoms with Crippen LogP contribution in [0, 0.1) is 10.8 Å². The topological polar surface area (TPSA) is 46.2 Å². The number of aliphatic hydroxyl groups excluding tert-OH is 1. The van der Waals surface area contributed by atoms with Gasteiger partial charge in [0.25, 0.3) is 0 Å². The minimum Gasteiger partial charge on any atom is -0.396 e. The van der Waals surface area contributed by atoms with Gasteiger partial charge < -0.3 is 10.8 Å². The van der Waals surface area contributed by atoms with E-state index in [-0.39, 0.29) is 12.0 Å². The van der Waals surface area contributed by atoms with Crippen molar-refractivity contribution in [2.45, 2.75) is 19.3 Å². The highest BCUT2D eigenvalue weighted by atomic mass is 16.3. The first-order valence-electron chi connectivity index (χ1n) is 5.63. The molecule has 1 aromatic rings. The van der Waals surface area contributed by atoms with Gasteiger partial charge in [-0.05, 0) is 35.8 Å². The Kier molecular flexibility index (Phi) is 1.77. The minimum absolute atomic E-state index is 0.0199. The summed E-state index contributed by atoms with van der Waals surface area (Å²) < 4.78 is 0. The maximum absolute atomic E-state index is 9.48. The van der Waals surface area contributed by atoms with E-state index >= 15 is 0 Å². The molecule has 80 valence electrons. The molecule has 2 nitrogen and oxygen atoms in total. The Bertz CT molecular complexity index is 370. The summed E-state index contributed by atoms with van der Waals surface area (Å²) in [5.74, 6) is 0. The summed E-state index contributed by atoms with van der Waals surface area (Å²) in [5.41, 5.74) is 9.04. The molecule has 1 saturated carbocycles. The molecule has 0 heterocycles. The standard InChI is InChI=1S/C13H17NO/c14-8-13(9-15)7-12(13)5-10-3-1-2-4-11(10)6-12/h1-4,15H,5-9,14H2. The predicted octanol–water partition coefficient (Wildman–Crippen LogP) is 1.11. The Balaban J connectivity index is 1.92. The van der Waals surface area contributed by atoms with Crippen LogP contribution in [0.25, 0.3) is 0 Å². The number of hydrogen-bond acceptors (Lipinski definition) is 2. The molecule has 3 N–H and O–H groups in total. The number of fused-ring (bicyclic) bond motifs is 1. The molecule has 0 bridgehead atoms. The number of hydrogen-bond donors (Lipinski definition) is 2. The van der Waals surface area contributed by atoms with E-state index in [1.54, 1.807) is 0 Å². The van der Waals surface area contributed by atoms with Gasteiger partial charge in [0.2, 0.25) is 0 Å². The van der Waals surface area contributed by atoms with Crippen molar-refractivity contribution >= 4 is 0 Å². The van der Waals surface area contributed by atoms with Gasteiger partial charge in [-0.2, -0.15) is 0 Å². The summed E-state index contributed by atoms with van der Waals surface area (Å²) in [4.78, 5) is 0. The molecule has 2 aliphatic rings. The molecular formula is C13H17NO. The van der Waals surface area contributed by atoms with Crippen molar-refractivity contribution in [3.8, 4) is 0 Å². The van der Waals surface area contributed by atoms with Gasteiger partial charge in [-0.15, -0.1) is 0 Å². The SMILES string of the molecule is NCC1(CO)CC12Cc1ccccc1C2. The molecule has 1 fully saturated rings. The Hall–Kier alpha value is -0.860. The van der Waals surface area contributed by atoms with Gasteiger partial charge >= 0.3 is 0 Å². The highest BCUT2D eigenvalue weighted by molar-refractivity contribution is 5.39. The van der Waals surface area contributed by atoms with E-state index in [1.165, 1.54) is 11.1 Å². The highest BCUT2D eigenvalue weighted by Gasteiger charge is 2.67. The molecule has 0 aromatic heterocycles. The molecule has 1 atom stereocenters. The molecule has 0 saturated heterocycles. The quantitative estimate of drug-likeness (QED) is 0.756. The van der Waals surface area contributed by atoms with Crippen LogP contribution in [0.4, 0.5) is 0 Å². The Morgan fingerprint density at radius 1 is 1.20 bits per heavy atom. The molecular weight excluding hydrogens is 186 g/mol. The molecule has 1 spiro atoms. The third-order valence-electron chi connectivity index (χ3n) is 4.55. The van der Waals surface area contributed by atoms with Gasteiger partial charge in [0.05, 0.1) is 6.61 Å². The maximum Gasteiger partial charge on any atom is 0.0505 e. The summed E-state index contributed by atoms with van der Waals surface area (Å²) in [5, 5.41) is 9.48. The van der Waals surface area contributed by atoms with Crippen molar-refractivity contribution in [3.05, 3.63) is 35.4 Å². The van der Waals surface area contributed by atoms with Crippen LogP contribution in [-0.4, -0.2) is 18.3 Å². The first-order valence-corrected chi connectivity index (χ1v) is 5.63. The Morgan fingerprint density at radius 2 is 1.80 bits per heavy atom. The van der Waals surface area contributed by atoms with Crippen LogP contribution in [0.5, 0.6) is 0 Å². The third kappa shape index (κ3) is 1.06. The van der Waals surface area contributed by atoms with Gasteiger partial charge in [-0.25, -0.2) is 0 Å². The highest BCUT2D eigenvalue weighted by Crippen LogP contribution is 2.68. The Labute approximate surface area is 90.1 Å². The fourth-order valence-corrected chi connectivity index (χ4v) is 3.37. The normalized spacial score (nSPS) is 30.5. The maximum atomic E-state index is 9.48. The lowest BCUT2D eigenvalue weighted by molar-refractivity contribution is 0.177. The van der Waals surface area contributed by atoms with Gasteiger partial charge in [-0.3, -0.25) is 0 Å². The van der Waals surface area contributed by atoms with E-state index < -0.39 is 0 Å². The summed E-state index contributed by atoms with van der Waals surface area (Å²) in [6, 6.07) is 8.62. The van der Waals surface area contributed by atoms with Gasteiger partial charge in [0.1, 0.15) is 0 Å². The van der Waals surface area contributed by atoms with Crippen LogP contribution in [0.3, 0.4) is 0 Å². The molecule has 0 radical (unpaired) electrons. The fourth-order valence-electron chi connectivity index (χ4n) is 3.37. The zero-order valence-corrected chi connectivity index (χ0v) is 8.87. The molecule has 1 unspecified atom stereocenters. The smallest absolute Gasteiger partial charge is 0.0505 e. The second-order valence-corrected chi connectivity index (χ2v) is 5.22. The third-order valence-corrected chi connectivity index (χ3v) is 4.55. The Morgan fingerprint density at radius 3 is 2.20 bits per heavy atom. The van der Waals surface area contributed by atoms with Crippen molar-refractivity contribution < 1.29 is 5.11 Å². The predicted molar refractivity (Wildman–Crippen MR) is 59.5 cm³/mol. The van der Waals surface area contributed by atoms with Crippen molar-refractivity contribution in [1.29, 1.82) is 0 Å². The fraction of sp³-hybridized carbons (Fsp3) is 0.538. The van der Waals surface area contributed by atoms with Crippen LogP contribution in [0.2, 0.25) is 0 Å². The van der Waals surface area contributed by atoms with Gasteiger partial charge in [-0.1, -0.05) is 24.3 Å². The first kappa shape index (κ1) is 9.37. The van der Waals surface area contributed by atoms with E-state index in [0.717, 1.165) is 19.3 Å².